The average Bonchev–Trinajstić information content (AvgIpc) is 2.46. The van der Waals surface area contributed by atoms with E-state index in [2.05, 4.69) is 36.4 Å². The molecule has 1 aliphatic rings. The van der Waals surface area contributed by atoms with Crippen LogP contribution in [0.25, 0.3) is 0 Å². The van der Waals surface area contributed by atoms with Crippen LogP contribution in [-0.2, 0) is 6.42 Å². The van der Waals surface area contributed by atoms with Crippen LogP contribution in [0.1, 0.15) is 22.7 Å². The standard InChI is InChI=1S/C16H14INO/c17-16(19)18-11-10-12-6-4-5-9-14(12)15(18)13-7-2-1-3-8-13/h1-9,15H,10-11H2/t15-/m0/s1. The molecular formula is C16H14INO. The van der Waals surface area contributed by atoms with Gasteiger partial charge in [-0.05, 0) is 23.1 Å². The molecule has 0 aromatic heterocycles. The van der Waals surface area contributed by atoms with E-state index >= 15 is 0 Å². The number of carbonyl (C=O) groups excluding carboxylic acids is 1. The maximum absolute atomic E-state index is 11.9. The third kappa shape index (κ3) is 2.39. The molecule has 1 aliphatic heterocycles. The second-order valence-corrected chi connectivity index (χ2v) is 5.63. The first-order chi connectivity index (χ1) is 9.27. The number of carbonyl (C=O) groups is 1. The van der Waals surface area contributed by atoms with Gasteiger partial charge in [-0.2, -0.15) is 0 Å². The summed E-state index contributed by atoms with van der Waals surface area (Å²) in [4.78, 5) is 13.9. The smallest absolute Gasteiger partial charge is 0.283 e. The topological polar surface area (TPSA) is 20.3 Å². The predicted molar refractivity (Wildman–Crippen MR) is 84.6 cm³/mol. The number of nitrogens with zero attached hydrogens (tertiary/aromatic N) is 1. The number of fused-ring (bicyclic) bond motifs is 1. The summed E-state index contributed by atoms with van der Waals surface area (Å²) in [5.41, 5.74) is 3.79. The van der Waals surface area contributed by atoms with E-state index in [1.165, 1.54) is 16.7 Å². The van der Waals surface area contributed by atoms with Crippen molar-refractivity contribution >= 4 is 26.5 Å². The van der Waals surface area contributed by atoms with Gasteiger partial charge in [0.1, 0.15) is 0 Å². The molecule has 3 heteroatoms. The molecular weight excluding hydrogens is 349 g/mol. The Kier molecular flexibility index (Phi) is 3.55. The molecule has 96 valence electrons. The van der Waals surface area contributed by atoms with Crippen molar-refractivity contribution in [3.05, 3.63) is 71.3 Å². The number of amides is 1. The van der Waals surface area contributed by atoms with Crippen LogP contribution >= 0.6 is 22.6 Å². The van der Waals surface area contributed by atoms with E-state index in [1.807, 2.05) is 45.7 Å². The lowest BCUT2D eigenvalue weighted by atomic mass is 9.89. The summed E-state index contributed by atoms with van der Waals surface area (Å²) in [7, 11) is 0. The number of benzene rings is 2. The maximum Gasteiger partial charge on any atom is 0.283 e. The summed E-state index contributed by atoms with van der Waals surface area (Å²) in [6, 6.07) is 18.7. The SMILES string of the molecule is O=C(I)N1CCc2ccccc2[C@@H]1c1ccccc1. The molecule has 0 aliphatic carbocycles. The third-order valence-corrected chi connectivity index (χ3v) is 4.24. The van der Waals surface area contributed by atoms with E-state index in [0.29, 0.717) is 0 Å². The lowest BCUT2D eigenvalue weighted by molar-refractivity contribution is 0.208. The number of hydrogen-bond acceptors (Lipinski definition) is 1. The summed E-state index contributed by atoms with van der Waals surface area (Å²) in [6.07, 6.45) is 0.939. The number of hydrogen-bond donors (Lipinski definition) is 0. The van der Waals surface area contributed by atoms with E-state index in [4.69, 9.17) is 0 Å². The molecule has 2 aromatic carbocycles. The monoisotopic (exact) mass is 363 g/mol. The molecule has 0 spiro atoms. The Balaban J connectivity index is 2.13. The zero-order valence-electron chi connectivity index (χ0n) is 10.4. The van der Waals surface area contributed by atoms with Crippen molar-refractivity contribution in [2.45, 2.75) is 12.5 Å². The van der Waals surface area contributed by atoms with Gasteiger partial charge in [0.15, 0.2) is 0 Å². The molecule has 0 bridgehead atoms. The highest BCUT2D eigenvalue weighted by Crippen LogP contribution is 2.35. The van der Waals surface area contributed by atoms with Crippen LogP contribution < -0.4 is 0 Å². The predicted octanol–water partition coefficient (Wildman–Crippen LogP) is 4.19. The molecule has 19 heavy (non-hydrogen) atoms. The van der Waals surface area contributed by atoms with Crippen LogP contribution in [0.2, 0.25) is 0 Å². The first-order valence-corrected chi connectivity index (χ1v) is 7.44. The normalized spacial score (nSPS) is 17.9. The highest BCUT2D eigenvalue weighted by molar-refractivity contribution is 14.1. The quantitative estimate of drug-likeness (QED) is 0.423. The molecule has 0 saturated heterocycles. The number of rotatable bonds is 1. The Bertz CT molecular complexity index is 597. The van der Waals surface area contributed by atoms with Gasteiger partial charge in [0.25, 0.3) is 3.91 Å². The zero-order valence-corrected chi connectivity index (χ0v) is 12.6. The second-order valence-electron chi connectivity index (χ2n) is 4.71. The molecule has 2 nitrogen and oxygen atoms in total. The van der Waals surface area contributed by atoms with Crippen LogP contribution in [0.3, 0.4) is 0 Å². The molecule has 0 fully saturated rings. The van der Waals surface area contributed by atoms with E-state index in [1.54, 1.807) is 0 Å². The Morgan fingerprint density at radius 3 is 2.47 bits per heavy atom. The highest BCUT2D eigenvalue weighted by atomic mass is 127. The van der Waals surface area contributed by atoms with E-state index < -0.39 is 0 Å². The van der Waals surface area contributed by atoms with Gasteiger partial charge in [-0.25, -0.2) is 0 Å². The third-order valence-electron chi connectivity index (χ3n) is 3.62. The Morgan fingerprint density at radius 2 is 1.74 bits per heavy atom. The van der Waals surface area contributed by atoms with Gasteiger partial charge < -0.3 is 4.90 Å². The Hall–Kier alpha value is -1.36. The summed E-state index contributed by atoms with van der Waals surface area (Å²) >= 11 is 1.89. The highest BCUT2D eigenvalue weighted by Gasteiger charge is 2.30. The average molecular weight is 363 g/mol. The summed E-state index contributed by atoms with van der Waals surface area (Å²) in [5, 5.41) is 0. The first kappa shape index (κ1) is 12.7. The maximum atomic E-state index is 11.9. The van der Waals surface area contributed by atoms with Gasteiger partial charge in [-0.3, -0.25) is 4.79 Å². The first-order valence-electron chi connectivity index (χ1n) is 6.36. The molecule has 2 aromatic rings. The molecule has 1 heterocycles. The van der Waals surface area contributed by atoms with Crippen molar-refractivity contribution in [2.24, 2.45) is 0 Å². The van der Waals surface area contributed by atoms with Crippen LogP contribution in [0, 0.1) is 0 Å². The largest absolute Gasteiger partial charge is 0.323 e. The fourth-order valence-corrected chi connectivity index (χ4v) is 3.27. The van der Waals surface area contributed by atoms with Crippen molar-refractivity contribution in [3.8, 4) is 0 Å². The van der Waals surface area contributed by atoms with Crippen LogP contribution in [0.5, 0.6) is 0 Å². The fourth-order valence-electron chi connectivity index (χ4n) is 2.75. The minimum absolute atomic E-state index is 0.0514. The number of halogens is 1. The lowest BCUT2D eigenvalue weighted by Gasteiger charge is -2.36. The van der Waals surface area contributed by atoms with Gasteiger partial charge in [-0.1, -0.05) is 54.6 Å². The van der Waals surface area contributed by atoms with Crippen molar-refractivity contribution in [1.82, 2.24) is 4.90 Å². The molecule has 0 N–H and O–H groups in total. The fraction of sp³-hybridized carbons (Fsp3) is 0.188. The molecule has 1 amide bonds. The van der Waals surface area contributed by atoms with Crippen molar-refractivity contribution in [1.29, 1.82) is 0 Å². The van der Waals surface area contributed by atoms with Gasteiger partial charge >= 0.3 is 0 Å². The molecule has 3 rings (SSSR count). The van der Waals surface area contributed by atoms with Gasteiger partial charge in [0, 0.05) is 29.1 Å². The van der Waals surface area contributed by atoms with Gasteiger partial charge in [0.2, 0.25) is 0 Å². The van der Waals surface area contributed by atoms with E-state index in [-0.39, 0.29) is 9.96 Å². The van der Waals surface area contributed by atoms with Crippen molar-refractivity contribution < 1.29 is 4.79 Å². The van der Waals surface area contributed by atoms with Crippen LogP contribution in [-0.4, -0.2) is 15.4 Å². The molecule has 0 radical (unpaired) electrons. The molecule has 0 saturated carbocycles. The van der Waals surface area contributed by atoms with Gasteiger partial charge in [-0.15, -0.1) is 0 Å². The summed E-state index contributed by atoms with van der Waals surface area (Å²) in [6.45, 7) is 0.790. The van der Waals surface area contributed by atoms with E-state index in [0.717, 1.165) is 13.0 Å². The molecule has 0 unspecified atom stereocenters. The Morgan fingerprint density at radius 1 is 1.05 bits per heavy atom. The summed E-state index contributed by atoms with van der Waals surface area (Å²) in [5.74, 6) is 0. The van der Waals surface area contributed by atoms with Gasteiger partial charge in [0.05, 0.1) is 6.04 Å². The Labute approximate surface area is 126 Å². The van der Waals surface area contributed by atoms with Crippen molar-refractivity contribution in [2.75, 3.05) is 6.54 Å². The molecule has 1 atom stereocenters. The van der Waals surface area contributed by atoms with Crippen LogP contribution in [0.4, 0.5) is 4.79 Å². The van der Waals surface area contributed by atoms with Crippen molar-refractivity contribution in [3.63, 3.8) is 0 Å². The second kappa shape index (κ2) is 5.33. The van der Waals surface area contributed by atoms with Crippen LogP contribution in [0.15, 0.2) is 54.6 Å². The minimum Gasteiger partial charge on any atom is -0.323 e. The zero-order chi connectivity index (χ0) is 13.2. The summed E-state index contributed by atoms with van der Waals surface area (Å²) < 4.78 is 0.112. The van der Waals surface area contributed by atoms with E-state index in [9.17, 15) is 4.79 Å². The lowest BCUT2D eigenvalue weighted by Crippen LogP contribution is -2.37. The minimum atomic E-state index is 0.0514.